The number of amides is 1. The fourth-order valence-corrected chi connectivity index (χ4v) is 3.27. The number of rotatable bonds is 8. The quantitative estimate of drug-likeness (QED) is 0.596. The highest BCUT2D eigenvalue weighted by molar-refractivity contribution is 7.99. The van der Waals surface area contributed by atoms with E-state index in [1.54, 1.807) is 4.68 Å². The van der Waals surface area contributed by atoms with Crippen molar-refractivity contribution in [3.05, 3.63) is 59.7 Å². The van der Waals surface area contributed by atoms with Gasteiger partial charge in [0.25, 0.3) is 0 Å². The number of aryl methyl sites for hydroxylation is 2. The van der Waals surface area contributed by atoms with Crippen molar-refractivity contribution in [1.82, 2.24) is 20.2 Å². The van der Waals surface area contributed by atoms with Gasteiger partial charge in [0.15, 0.2) is 0 Å². The van der Waals surface area contributed by atoms with Gasteiger partial charge in [0, 0.05) is 5.69 Å². The van der Waals surface area contributed by atoms with Crippen LogP contribution in [0.3, 0.4) is 0 Å². The van der Waals surface area contributed by atoms with E-state index in [1.807, 2.05) is 43.3 Å². The van der Waals surface area contributed by atoms with Crippen molar-refractivity contribution < 1.29 is 4.79 Å². The van der Waals surface area contributed by atoms with Gasteiger partial charge in [-0.1, -0.05) is 54.9 Å². The van der Waals surface area contributed by atoms with E-state index in [9.17, 15) is 4.79 Å². The largest absolute Gasteiger partial charge is 0.325 e. The topological polar surface area (TPSA) is 72.7 Å². The lowest BCUT2D eigenvalue weighted by molar-refractivity contribution is -0.113. The molecule has 1 amide bonds. The third kappa shape index (κ3) is 5.40. The zero-order valence-electron chi connectivity index (χ0n) is 15.6. The summed E-state index contributed by atoms with van der Waals surface area (Å²) in [6.07, 6.45) is 3.43. The maximum absolute atomic E-state index is 12.2. The number of unbranched alkanes of at least 4 members (excludes halogenated alkanes) is 1. The van der Waals surface area contributed by atoms with Gasteiger partial charge in [-0.05, 0) is 60.0 Å². The average Bonchev–Trinajstić information content (AvgIpc) is 3.15. The molecule has 7 heteroatoms. The molecule has 0 radical (unpaired) electrons. The van der Waals surface area contributed by atoms with Crippen LogP contribution >= 0.6 is 11.8 Å². The molecular formula is C20H23N5OS. The lowest BCUT2D eigenvalue weighted by Gasteiger charge is -2.07. The van der Waals surface area contributed by atoms with Crippen LogP contribution in [0.4, 0.5) is 5.69 Å². The monoisotopic (exact) mass is 381 g/mol. The van der Waals surface area contributed by atoms with E-state index in [1.165, 1.54) is 35.7 Å². The molecule has 0 saturated heterocycles. The summed E-state index contributed by atoms with van der Waals surface area (Å²) in [4.78, 5) is 12.2. The van der Waals surface area contributed by atoms with Crippen LogP contribution in [-0.4, -0.2) is 31.9 Å². The van der Waals surface area contributed by atoms with Gasteiger partial charge in [0.2, 0.25) is 11.1 Å². The van der Waals surface area contributed by atoms with E-state index in [0.29, 0.717) is 5.16 Å². The van der Waals surface area contributed by atoms with Crippen molar-refractivity contribution >= 4 is 23.4 Å². The minimum absolute atomic E-state index is 0.0836. The molecule has 3 aromatic rings. The molecule has 0 saturated carbocycles. The van der Waals surface area contributed by atoms with Crippen molar-refractivity contribution in [2.75, 3.05) is 11.1 Å². The predicted molar refractivity (Wildman–Crippen MR) is 108 cm³/mol. The molecule has 1 N–H and O–H groups in total. The lowest BCUT2D eigenvalue weighted by Crippen LogP contribution is -2.14. The maximum atomic E-state index is 12.2. The molecule has 2 aromatic carbocycles. The Bertz CT molecular complexity index is 874. The summed E-state index contributed by atoms with van der Waals surface area (Å²) in [6, 6.07) is 15.9. The highest BCUT2D eigenvalue weighted by Crippen LogP contribution is 2.19. The molecule has 1 heterocycles. The molecule has 3 rings (SSSR count). The van der Waals surface area contributed by atoms with Crippen molar-refractivity contribution in [3.63, 3.8) is 0 Å². The zero-order chi connectivity index (χ0) is 19.1. The number of aromatic nitrogens is 4. The van der Waals surface area contributed by atoms with E-state index in [4.69, 9.17) is 0 Å². The number of anilines is 1. The summed E-state index contributed by atoms with van der Waals surface area (Å²) in [5.74, 6) is 0.156. The van der Waals surface area contributed by atoms with Gasteiger partial charge >= 0.3 is 0 Å². The zero-order valence-corrected chi connectivity index (χ0v) is 16.4. The summed E-state index contributed by atoms with van der Waals surface area (Å²) < 4.78 is 1.64. The molecule has 0 aliphatic carbocycles. The molecule has 0 unspecified atom stereocenters. The van der Waals surface area contributed by atoms with Crippen LogP contribution in [0, 0.1) is 6.92 Å². The van der Waals surface area contributed by atoms with Crippen molar-refractivity contribution in [2.45, 2.75) is 38.3 Å². The standard InChI is InChI=1S/C20H23N5OS/c1-3-4-5-16-8-10-17(11-9-16)21-19(26)14-27-20-22-23-24-25(20)18-12-6-15(2)7-13-18/h6-13H,3-5,14H2,1-2H3,(H,21,26). The second kappa shape index (κ2) is 9.32. The second-order valence-electron chi connectivity index (χ2n) is 6.35. The van der Waals surface area contributed by atoms with Crippen LogP contribution in [0.15, 0.2) is 53.7 Å². The van der Waals surface area contributed by atoms with Crippen LogP contribution in [0.1, 0.15) is 30.9 Å². The van der Waals surface area contributed by atoms with Gasteiger partial charge in [-0.3, -0.25) is 4.79 Å². The first kappa shape index (κ1) is 19.1. The number of hydrogen-bond donors (Lipinski definition) is 1. The fourth-order valence-electron chi connectivity index (χ4n) is 2.58. The summed E-state index contributed by atoms with van der Waals surface area (Å²) >= 11 is 1.31. The number of tetrazole rings is 1. The molecule has 140 valence electrons. The Morgan fingerprint density at radius 1 is 1.11 bits per heavy atom. The predicted octanol–water partition coefficient (Wildman–Crippen LogP) is 4.04. The van der Waals surface area contributed by atoms with Crippen LogP contribution in [0.5, 0.6) is 0 Å². The van der Waals surface area contributed by atoms with Gasteiger partial charge in [0.05, 0.1) is 11.4 Å². The van der Waals surface area contributed by atoms with Crippen molar-refractivity contribution in [1.29, 1.82) is 0 Å². The Labute approximate surface area is 163 Å². The van der Waals surface area contributed by atoms with E-state index in [-0.39, 0.29) is 11.7 Å². The van der Waals surface area contributed by atoms with Crippen molar-refractivity contribution in [3.8, 4) is 5.69 Å². The van der Waals surface area contributed by atoms with Crippen LogP contribution < -0.4 is 5.32 Å². The Kier molecular flexibility index (Phi) is 6.59. The van der Waals surface area contributed by atoms with E-state index in [2.05, 4.69) is 39.9 Å². The van der Waals surface area contributed by atoms with Gasteiger partial charge in [-0.15, -0.1) is 5.10 Å². The number of thioether (sulfide) groups is 1. The first-order chi connectivity index (χ1) is 13.2. The molecule has 0 spiro atoms. The number of carbonyl (C=O) groups is 1. The van der Waals surface area contributed by atoms with E-state index < -0.39 is 0 Å². The van der Waals surface area contributed by atoms with Gasteiger partial charge in [0.1, 0.15) is 0 Å². The van der Waals surface area contributed by atoms with Crippen LogP contribution in [0.25, 0.3) is 5.69 Å². The molecular weight excluding hydrogens is 358 g/mol. The summed E-state index contributed by atoms with van der Waals surface area (Å²) in [5.41, 5.74) is 4.14. The third-order valence-electron chi connectivity index (χ3n) is 4.11. The number of nitrogens with zero attached hydrogens (tertiary/aromatic N) is 4. The molecule has 6 nitrogen and oxygen atoms in total. The van der Waals surface area contributed by atoms with Gasteiger partial charge in [-0.25, -0.2) is 0 Å². The van der Waals surface area contributed by atoms with Gasteiger partial charge < -0.3 is 5.32 Å². The SMILES string of the molecule is CCCCc1ccc(NC(=O)CSc2nnnn2-c2ccc(C)cc2)cc1. The Morgan fingerprint density at radius 2 is 1.85 bits per heavy atom. The number of nitrogens with one attached hydrogen (secondary N) is 1. The molecule has 1 aromatic heterocycles. The van der Waals surface area contributed by atoms with Crippen molar-refractivity contribution in [2.24, 2.45) is 0 Å². The highest BCUT2D eigenvalue weighted by Gasteiger charge is 2.11. The molecule has 0 aliphatic rings. The molecule has 27 heavy (non-hydrogen) atoms. The highest BCUT2D eigenvalue weighted by atomic mass is 32.2. The average molecular weight is 382 g/mol. The minimum atomic E-state index is -0.0836. The van der Waals surface area contributed by atoms with Crippen LogP contribution in [0.2, 0.25) is 0 Å². The van der Waals surface area contributed by atoms with Gasteiger partial charge in [-0.2, -0.15) is 4.68 Å². The third-order valence-corrected chi connectivity index (χ3v) is 5.03. The molecule has 0 aliphatic heterocycles. The van der Waals surface area contributed by atoms with E-state index in [0.717, 1.165) is 17.8 Å². The lowest BCUT2D eigenvalue weighted by atomic mass is 10.1. The smallest absolute Gasteiger partial charge is 0.234 e. The molecule has 0 fully saturated rings. The second-order valence-corrected chi connectivity index (χ2v) is 7.29. The summed E-state index contributed by atoms with van der Waals surface area (Å²) in [5, 5.41) is 15.3. The molecule has 0 atom stereocenters. The maximum Gasteiger partial charge on any atom is 0.234 e. The Morgan fingerprint density at radius 3 is 2.56 bits per heavy atom. The first-order valence-corrected chi connectivity index (χ1v) is 10.0. The fraction of sp³-hybridized carbons (Fsp3) is 0.300. The van der Waals surface area contributed by atoms with Crippen LogP contribution in [-0.2, 0) is 11.2 Å². The van der Waals surface area contributed by atoms with E-state index >= 15 is 0 Å². The number of hydrogen-bond acceptors (Lipinski definition) is 5. The normalized spacial score (nSPS) is 10.7. The Balaban J connectivity index is 1.55. The minimum Gasteiger partial charge on any atom is -0.325 e. The summed E-state index contributed by atoms with van der Waals surface area (Å²) in [6.45, 7) is 4.21. The molecule has 0 bridgehead atoms. The number of benzene rings is 2. The number of carbonyl (C=O) groups excluding carboxylic acids is 1. The Hall–Kier alpha value is -2.67. The summed E-state index contributed by atoms with van der Waals surface area (Å²) in [7, 11) is 0. The first-order valence-electron chi connectivity index (χ1n) is 9.02.